The van der Waals surface area contributed by atoms with Crippen molar-refractivity contribution in [1.29, 1.82) is 0 Å². The van der Waals surface area contributed by atoms with E-state index in [0.29, 0.717) is 5.92 Å². The molecule has 0 radical (unpaired) electrons. The third-order valence-electron chi connectivity index (χ3n) is 4.91. The van der Waals surface area contributed by atoms with Gasteiger partial charge in [-0.3, -0.25) is 10.1 Å². The number of amides is 1. The Hall–Kier alpha value is -0.610. The molecule has 0 aromatic carbocycles. The summed E-state index contributed by atoms with van der Waals surface area (Å²) in [4.78, 5) is 14.8. The standard InChI is InChI=1S/C15H28N2O2/c1-5-10(3)14-15(18)17(13(6-2)16-14)11-8-7-9-12(11)19-4/h10-14,16H,5-9H2,1-4H3. The molecule has 0 spiro atoms. The zero-order valence-electron chi connectivity index (χ0n) is 12.7. The van der Waals surface area contributed by atoms with Crippen LogP contribution in [0.15, 0.2) is 0 Å². The molecule has 2 aliphatic rings. The van der Waals surface area contributed by atoms with E-state index in [1.807, 2.05) is 0 Å². The van der Waals surface area contributed by atoms with Crippen LogP contribution in [0.3, 0.4) is 0 Å². The fourth-order valence-corrected chi connectivity index (χ4v) is 3.53. The van der Waals surface area contributed by atoms with E-state index < -0.39 is 0 Å². The Labute approximate surface area is 116 Å². The van der Waals surface area contributed by atoms with Gasteiger partial charge in [0.15, 0.2) is 0 Å². The number of methoxy groups -OCH3 is 1. The predicted octanol–water partition coefficient (Wildman–Crippen LogP) is 2.14. The molecule has 19 heavy (non-hydrogen) atoms. The largest absolute Gasteiger partial charge is 0.379 e. The highest BCUT2D eigenvalue weighted by Crippen LogP contribution is 2.32. The molecule has 2 fully saturated rings. The molecule has 0 bridgehead atoms. The van der Waals surface area contributed by atoms with Gasteiger partial charge >= 0.3 is 0 Å². The van der Waals surface area contributed by atoms with Crippen molar-refractivity contribution in [1.82, 2.24) is 10.2 Å². The van der Waals surface area contributed by atoms with E-state index in [2.05, 4.69) is 31.0 Å². The number of carbonyl (C=O) groups is 1. The van der Waals surface area contributed by atoms with Gasteiger partial charge < -0.3 is 9.64 Å². The van der Waals surface area contributed by atoms with E-state index >= 15 is 0 Å². The summed E-state index contributed by atoms with van der Waals surface area (Å²) >= 11 is 0. The van der Waals surface area contributed by atoms with Gasteiger partial charge in [-0.25, -0.2) is 0 Å². The Morgan fingerprint density at radius 1 is 1.42 bits per heavy atom. The molecule has 5 atom stereocenters. The van der Waals surface area contributed by atoms with Crippen LogP contribution in [-0.2, 0) is 9.53 Å². The quantitative estimate of drug-likeness (QED) is 0.830. The third-order valence-corrected chi connectivity index (χ3v) is 4.91. The molecule has 1 heterocycles. The summed E-state index contributed by atoms with van der Waals surface area (Å²) in [5.41, 5.74) is 0. The first kappa shape index (κ1) is 14.8. The number of hydrogen-bond acceptors (Lipinski definition) is 3. The van der Waals surface area contributed by atoms with Crippen LogP contribution in [-0.4, -0.2) is 42.3 Å². The molecule has 2 rings (SSSR count). The molecule has 0 aromatic heterocycles. The van der Waals surface area contributed by atoms with Gasteiger partial charge in [-0.1, -0.05) is 27.2 Å². The van der Waals surface area contributed by atoms with Gasteiger partial charge in [-0.15, -0.1) is 0 Å². The minimum Gasteiger partial charge on any atom is -0.379 e. The van der Waals surface area contributed by atoms with Crippen LogP contribution in [0.1, 0.15) is 52.9 Å². The van der Waals surface area contributed by atoms with Crippen molar-refractivity contribution < 1.29 is 9.53 Å². The first-order valence-electron chi connectivity index (χ1n) is 7.75. The topological polar surface area (TPSA) is 41.6 Å². The van der Waals surface area contributed by atoms with E-state index in [1.54, 1.807) is 7.11 Å². The minimum absolute atomic E-state index is 0.00643. The lowest BCUT2D eigenvalue weighted by Gasteiger charge is -2.33. The lowest BCUT2D eigenvalue weighted by molar-refractivity contribution is -0.135. The maximum atomic E-state index is 12.7. The fraction of sp³-hybridized carbons (Fsp3) is 0.933. The second-order valence-electron chi connectivity index (χ2n) is 5.97. The molecular formula is C15H28N2O2. The van der Waals surface area contributed by atoms with Crippen LogP contribution in [0, 0.1) is 5.92 Å². The summed E-state index contributed by atoms with van der Waals surface area (Å²) in [6.45, 7) is 6.46. The van der Waals surface area contributed by atoms with Crippen molar-refractivity contribution in [3.05, 3.63) is 0 Å². The van der Waals surface area contributed by atoms with Crippen molar-refractivity contribution in [3.63, 3.8) is 0 Å². The Morgan fingerprint density at radius 3 is 2.74 bits per heavy atom. The van der Waals surface area contributed by atoms with Crippen LogP contribution in [0.5, 0.6) is 0 Å². The van der Waals surface area contributed by atoms with Crippen molar-refractivity contribution in [2.24, 2.45) is 5.92 Å². The van der Waals surface area contributed by atoms with E-state index in [4.69, 9.17) is 4.74 Å². The highest BCUT2D eigenvalue weighted by Gasteiger charge is 2.46. The Balaban J connectivity index is 2.16. The van der Waals surface area contributed by atoms with Crippen molar-refractivity contribution >= 4 is 5.91 Å². The number of hydrogen-bond donors (Lipinski definition) is 1. The molecule has 1 saturated carbocycles. The molecule has 1 saturated heterocycles. The second kappa shape index (κ2) is 6.23. The molecule has 110 valence electrons. The van der Waals surface area contributed by atoms with E-state index in [0.717, 1.165) is 32.1 Å². The van der Waals surface area contributed by atoms with Gasteiger partial charge in [0.25, 0.3) is 0 Å². The van der Waals surface area contributed by atoms with Crippen LogP contribution in [0.25, 0.3) is 0 Å². The summed E-state index contributed by atoms with van der Waals surface area (Å²) in [5, 5.41) is 3.53. The Morgan fingerprint density at radius 2 is 2.16 bits per heavy atom. The first-order chi connectivity index (χ1) is 9.13. The number of carbonyl (C=O) groups excluding carboxylic acids is 1. The monoisotopic (exact) mass is 268 g/mol. The van der Waals surface area contributed by atoms with Crippen molar-refractivity contribution in [3.8, 4) is 0 Å². The van der Waals surface area contributed by atoms with Gasteiger partial charge in [-0.05, 0) is 31.6 Å². The zero-order valence-corrected chi connectivity index (χ0v) is 12.7. The minimum atomic E-state index is -0.00643. The van der Waals surface area contributed by atoms with E-state index in [1.165, 1.54) is 0 Å². The summed E-state index contributed by atoms with van der Waals surface area (Å²) in [7, 11) is 1.77. The number of ether oxygens (including phenoxy) is 1. The number of nitrogens with zero attached hydrogens (tertiary/aromatic N) is 1. The average Bonchev–Trinajstić information content (AvgIpc) is 3.01. The first-order valence-corrected chi connectivity index (χ1v) is 7.75. The summed E-state index contributed by atoms with van der Waals surface area (Å²) in [6.07, 6.45) is 5.72. The summed E-state index contributed by atoms with van der Waals surface area (Å²) < 4.78 is 5.58. The molecule has 4 nitrogen and oxygen atoms in total. The van der Waals surface area contributed by atoms with Crippen molar-refractivity contribution in [2.75, 3.05) is 7.11 Å². The fourth-order valence-electron chi connectivity index (χ4n) is 3.53. The maximum Gasteiger partial charge on any atom is 0.241 e. The molecule has 1 aliphatic heterocycles. The molecule has 0 aromatic rings. The average molecular weight is 268 g/mol. The van der Waals surface area contributed by atoms with Crippen molar-refractivity contribution in [2.45, 2.75) is 77.2 Å². The summed E-state index contributed by atoms with van der Waals surface area (Å²) in [6, 6.07) is 0.261. The number of nitrogens with one attached hydrogen (secondary N) is 1. The van der Waals surface area contributed by atoms with Gasteiger partial charge in [0, 0.05) is 7.11 Å². The smallest absolute Gasteiger partial charge is 0.241 e. The van der Waals surface area contributed by atoms with Crippen LogP contribution in [0.2, 0.25) is 0 Å². The molecule has 1 aliphatic carbocycles. The van der Waals surface area contributed by atoms with E-state index in [9.17, 15) is 4.79 Å². The highest BCUT2D eigenvalue weighted by molar-refractivity contribution is 5.85. The molecule has 4 heteroatoms. The van der Waals surface area contributed by atoms with Crippen LogP contribution < -0.4 is 5.32 Å². The van der Waals surface area contributed by atoms with Gasteiger partial charge in [-0.2, -0.15) is 0 Å². The Bertz CT molecular complexity index is 321. The molecule has 5 unspecified atom stereocenters. The normalized spacial score (nSPS) is 37.1. The zero-order chi connectivity index (χ0) is 14.0. The second-order valence-corrected chi connectivity index (χ2v) is 5.97. The molecule has 1 N–H and O–H groups in total. The maximum absolute atomic E-state index is 12.7. The van der Waals surface area contributed by atoms with Crippen LogP contribution in [0.4, 0.5) is 0 Å². The lowest BCUT2D eigenvalue weighted by Crippen LogP contribution is -2.48. The predicted molar refractivity (Wildman–Crippen MR) is 75.7 cm³/mol. The highest BCUT2D eigenvalue weighted by atomic mass is 16.5. The lowest BCUT2D eigenvalue weighted by atomic mass is 9.99. The van der Waals surface area contributed by atoms with E-state index in [-0.39, 0.29) is 30.3 Å². The third kappa shape index (κ3) is 2.65. The van der Waals surface area contributed by atoms with Gasteiger partial charge in [0.1, 0.15) is 0 Å². The molecular weight excluding hydrogens is 240 g/mol. The summed E-state index contributed by atoms with van der Waals surface area (Å²) in [5.74, 6) is 0.684. The Kier molecular flexibility index (Phi) is 4.85. The molecule has 1 amide bonds. The van der Waals surface area contributed by atoms with Gasteiger partial charge in [0.05, 0.1) is 24.4 Å². The van der Waals surface area contributed by atoms with Crippen LogP contribution >= 0.6 is 0 Å². The number of rotatable bonds is 5. The SMILES string of the molecule is CCC(C)C1NC(CC)N(C2CCCC2OC)C1=O. The van der Waals surface area contributed by atoms with Gasteiger partial charge in [0.2, 0.25) is 5.91 Å².